The quantitative estimate of drug-likeness (QED) is 0.891. The van der Waals surface area contributed by atoms with E-state index in [0.717, 1.165) is 56.6 Å². The molecule has 1 fully saturated rings. The molecule has 0 bridgehead atoms. The van der Waals surface area contributed by atoms with Gasteiger partial charge in [0, 0.05) is 29.9 Å². The number of carbonyl (C=O) groups is 1. The number of piperidine rings is 1. The zero-order chi connectivity index (χ0) is 17.3. The van der Waals surface area contributed by atoms with Gasteiger partial charge in [0.15, 0.2) is 5.69 Å². The second-order valence-electron chi connectivity index (χ2n) is 7.43. The Morgan fingerprint density at radius 1 is 1.29 bits per heavy atom. The number of aromatic nitrogens is 2. The van der Waals surface area contributed by atoms with Gasteiger partial charge in [-0.3, -0.25) is 9.58 Å². The first kappa shape index (κ1) is 17.4. The lowest BCUT2D eigenvalue weighted by Gasteiger charge is -2.41. The average molecular weight is 334 g/mol. The molecular formula is C18H30N4O2. The van der Waals surface area contributed by atoms with Crippen LogP contribution in [0.3, 0.4) is 0 Å². The molecule has 1 N–H and O–H groups in total. The van der Waals surface area contributed by atoms with Gasteiger partial charge in [0.25, 0.3) is 0 Å². The van der Waals surface area contributed by atoms with Crippen molar-refractivity contribution >= 4 is 5.97 Å². The lowest BCUT2D eigenvalue weighted by atomic mass is 9.88. The predicted molar refractivity (Wildman–Crippen MR) is 93.6 cm³/mol. The topological polar surface area (TPSA) is 61.6 Å². The molecule has 0 saturated carbocycles. The van der Waals surface area contributed by atoms with Crippen molar-refractivity contribution in [3.8, 4) is 0 Å². The molecule has 1 aliphatic heterocycles. The van der Waals surface area contributed by atoms with Crippen molar-refractivity contribution in [1.82, 2.24) is 19.6 Å². The van der Waals surface area contributed by atoms with Crippen LogP contribution in [0.1, 0.15) is 54.4 Å². The highest BCUT2D eigenvalue weighted by Crippen LogP contribution is 2.29. The number of carboxylic acids is 1. The highest BCUT2D eigenvalue weighted by atomic mass is 16.4. The molecular weight excluding hydrogens is 304 g/mol. The Labute approximate surface area is 144 Å². The lowest BCUT2D eigenvalue weighted by Crippen LogP contribution is -2.48. The summed E-state index contributed by atoms with van der Waals surface area (Å²) in [5.74, 6) is -0.881. The maximum absolute atomic E-state index is 11.6. The van der Waals surface area contributed by atoms with Gasteiger partial charge in [0.1, 0.15) is 0 Å². The molecule has 1 aromatic heterocycles. The minimum Gasteiger partial charge on any atom is -0.476 e. The van der Waals surface area contributed by atoms with Gasteiger partial charge in [-0.1, -0.05) is 6.92 Å². The van der Waals surface area contributed by atoms with Crippen molar-refractivity contribution in [2.24, 2.45) is 0 Å². The van der Waals surface area contributed by atoms with E-state index >= 15 is 0 Å². The number of aryl methyl sites for hydroxylation is 1. The number of fused-ring (bicyclic) bond motifs is 1. The first-order valence-electron chi connectivity index (χ1n) is 9.23. The second-order valence-corrected chi connectivity index (χ2v) is 7.43. The first-order chi connectivity index (χ1) is 11.5. The molecule has 3 rings (SSSR count). The fraction of sp³-hybridized carbons (Fsp3) is 0.778. The van der Waals surface area contributed by atoms with E-state index < -0.39 is 5.97 Å². The van der Waals surface area contributed by atoms with Crippen LogP contribution in [-0.2, 0) is 19.4 Å². The van der Waals surface area contributed by atoms with Crippen LogP contribution in [0.4, 0.5) is 0 Å². The molecule has 2 heterocycles. The van der Waals surface area contributed by atoms with Crippen molar-refractivity contribution in [2.75, 3.05) is 27.2 Å². The molecule has 24 heavy (non-hydrogen) atoms. The summed E-state index contributed by atoms with van der Waals surface area (Å²) in [5, 5.41) is 13.9. The average Bonchev–Trinajstić information content (AvgIpc) is 2.93. The van der Waals surface area contributed by atoms with Gasteiger partial charge < -0.3 is 10.0 Å². The summed E-state index contributed by atoms with van der Waals surface area (Å²) in [6.45, 7) is 5.16. The molecule has 0 spiro atoms. The largest absolute Gasteiger partial charge is 0.476 e. The summed E-state index contributed by atoms with van der Waals surface area (Å²) < 4.78 is 1.94. The number of hydrogen-bond acceptors (Lipinski definition) is 4. The maximum Gasteiger partial charge on any atom is 0.356 e. The maximum atomic E-state index is 11.6. The van der Waals surface area contributed by atoms with Gasteiger partial charge >= 0.3 is 5.97 Å². The van der Waals surface area contributed by atoms with Crippen molar-refractivity contribution in [1.29, 1.82) is 0 Å². The highest BCUT2D eigenvalue weighted by Gasteiger charge is 2.33. The summed E-state index contributed by atoms with van der Waals surface area (Å²) in [5.41, 5.74) is 2.43. The Balaban J connectivity index is 1.73. The van der Waals surface area contributed by atoms with Gasteiger partial charge in [-0.2, -0.15) is 5.10 Å². The minimum absolute atomic E-state index is 0.284. The molecule has 0 amide bonds. The van der Waals surface area contributed by atoms with Crippen LogP contribution in [0.25, 0.3) is 0 Å². The zero-order valence-corrected chi connectivity index (χ0v) is 15.2. The molecule has 134 valence electrons. The Bertz CT molecular complexity index is 588. The number of nitrogens with zero attached hydrogens (tertiary/aromatic N) is 4. The van der Waals surface area contributed by atoms with Crippen LogP contribution in [0.2, 0.25) is 0 Å². The number of carboxylic acid groups (broad SMARTS) is 1. The molecule has 0 radical (unpaired) electrons. The SMILES string of the molecule is CCCn1nc(C(=O)O)c2c1CCC(N1CCC(N(C)C)CC1)C2. The van der Waals surface area contributed by atoms with Gasteiger partial charge in [-0.05, 0) is 65.7 Å². The summed E-state index contributed by atoms with van der Waals surface area (Å²) in [7, 11) is 4.32. The molecule has 1 unspecified atom stereocenters. The van der Waals surface area contributed by atoms with Gasteiger partial charge in [-0.15, -0.1) is 0 Å². The summed E-state index contributed by atoms with van der Waals surface area (Å²) in [4.78, 5) is 16.5. The normalized spacial score (nSPS) is 22.8. The van der Waals surface area contributed by atoms with E-state index in [1.54, 1.807) is 0 Å². The van der Waals surface area contributed by atoms with Gasteiger partial charge in [0.05, 0.1) is 0 Å². The van der Waals surface area contributed by atoms with Crippen molar-refractivity contribution in [3.05, 3.63) is 17.0 Å². The third kappa shape index (κ3) is 3.35. The monoisotopic (exact) mass is 334 g/mol. The summed E-state index contributed by atoms with van der Waals surface area (Å²) >= 11 is 0. The van der Waals surface area contributed by atoms with Gasteiger partial charge in [0.2, 0.25) is 0 Å². The zero-order valence-electron chi connectivity index (χ0n) is 15.2. The molecule has 1 saturated heterocycles. The second kappa shape index (κ2) is 7.23. The van der Waals surface area contributed by atoms with Crippen LogP contribution < -0.4 is 0 Å². The summed E-state index contributed by atoms with van der Waals surface area (Å²) in [6.07, 6.45) is 6.30. The Kier molecular flexibility index (Phi) is 5.25. The molecule has 1 atom stereocenters. The van der Waals surface area contributed by atoms with Crippen LogP contribution in [0.15, 0.2) is 0 Å². The third-order valence-electron chi connectivity index (χ3n) is 5.70. The fourth-order valence-corrected chi connectivity index (χ4v) is 4.32. The minimum atomic E-state index is -0.881. The summed E-state index contributed by atoms with van der Waals surface area (Å²) in [6, 6.07) is 1.15. The number of rotatable bonds is 5. The lowest BCUT2D eigenvalue weighted by molar-refractivity contribution is 0.0686. The van der Waals surface area contributed by atoms with Crippen molar-refractivity contribution in [2.45, 2.75) is 64.1 Å². The number of aromatic carboxylic acids is 1. The molecule has 6 heteroatoms. The molecule has 0 aromatic carbocycles. The van der Waals surface area contributed by atoms with E-state index in [4.69, 9.17) is 0 Å². The van der Waals surface area contributed by atoms with Crippen LogP contribution >= 0.6 is 0 Å². The van der Waals surface area contributed by atoms with E-state index in [2.05, 4.69) is 35.9 Å². The van der Waals surface area contributed by atoms with Crippen LogP contribution in [0, 0.1) is 0 Å². The smallest absolute Gasteiger partial charge is 0.356 e. The first-order valence-corrected chi connectivity index (χ1v) is 9.23. The van der Waals surface area contributed by atoms with E-state index in [-0.39, 0.29) is 5.69 Å². The van der Waals surface area contributed by atoms with E-state index in [0.29, 0.717) is 12.1 Å². The van der Waals surface area contributed by atoms with Crippen molar-refractivity contribution < 1.29 is 9.90 Å². The predicted octanol–water partition coefficient (Wildman–Crippen LogP) is 1.87. The third-order valence-corrected chi connectivity index (χ3v) is 5.70. The van der Waals surface area contributed by atoms with E-state index in [1.165, 1.54) is 12.8 Å². The molecule has 6 nitrogen and oxygen atoms in total. The Hall–Kier alpha value is -1.40. The van der Waals surface area contributed by atoms with Gasteiger partial charge in [-0.25, -0.2) is 4.79 Å². The van der Waals surface area contributed by atoms with Crippen molar-refractivity contribution in [3.63, 3.8) is 0 Å². The Morgan fingerprint density at radius 2 is 2.00 bits per heavy atom. The standard InChI is InChI=1S/C18H30N4O2/c1-4-9-22-16-6-5-14(12-15(16)17(19-22)18(23)24)21-10-7-13(8-11-21)20(2)3/h13-14H,4-12H2,1-3H3,(H,23,24). The molecule has 1 aliphatic carbocycles. The molecule has 2 aliphatic rings. The van der Waals surface area contributed by atoms with Crippen LogP contribution in [-0.4, -0.2) is 69.9 Å². The fourth-order valence-electron chi connectivity index (χ4n) is 4.32. The molecule has 1 aromatic rings. The number of hydrogen-bond donors (Lipinski definition) is 1. The number of likely N-dealkylation sites (tertiary alicyclic amines) is 1. The van der Waals surface area contributed by atoms with E-state index in [9.17, 15) is 9.90 Å². The van der Waals surface area contributed by atoms with Crippen LogP contribution in [0.5, 0.6) is 0 Å². The highest BCUT2D eigenvalue weighted by molar-refractivity contribution is 5.87. The Morgan fingerprint density at radius 3 is 2.58 bits per heavy atom. The van der Waals surface area contributed by atoms with E-state index in [1.807, 2.05) is 4.68 Å².